The number of nitriles is 1. The second-order valence-corrected chi connectivity index (χ2v) is 5.58. The van der Waals surface area contributed by atoms with Gasteiger partial charge in [-0.15, -0.1) is 0 Å². The monoisotopic (exact) mass is 287 g/mol. The van der Waals surface area contributed by atoms with E-state index in [4.69, 9.17) is 4.74 Å². The molecule has 0 saturated carbocycles. The van der Waals surface area contributed by atoms with Crippen LogP contribution < -0.4 is 10.2 Å². The number of anilines is 1. The van der Waals surface area contributed by atoms with Gasteiger partial charge in [-0.05, 0) is 38.5 Å². The molecule has 1 amide bonds. The maximum Gasteiger partial charge on any atom is 0.245 e. The number of ether oxygens (including phenoxy) is 1. The zero-order chi connectivity index (χ0) is 15.4. The van der Waals surface area contributed by atoms with Gasteiger partial charge >= 0.3 is 0 Å². The van der Waals surface area contributed by atoms with Gasteiger partial charge in [-0.3, -0.25) is 4.79 Å². The SMILES string of the molecule is Cc1ccc(C#N)c(N2CCOCC2C(=O)NC(C)C)c1. The highest BCUT2D eigenvalue weighted by Gasteiger charge is 2.31. The molecular formula is C16H21N3O2. The molecule has 1 unspecified atom stereocenters. The number of carbonyl (C=O) groups excluding carboxylic acids is 1. The summed E-state index contributed by atoms with van der Waals surface area (Å²) in [5.74, 6) is -0.0601. The maximum absolute atomic E-state index is 12.4. The summed E-state index contributed by atoms with van der Waals surface area (Å²) >= 11 is 0. The quantitative estimate of drug-likeness (QED) is 0.917. The lowest BCUT2D eigenvalue weighted by Gasteiger charge is -2.37. The fourth-order valence-electron chi connectivity index (χ4n) is 2.46. The van der Waals surface area contributed by atoms with E-state index in [9.17, 15) is 10.1 Å². The average Bonchev–Trinajstić information content (AvgIpc) is 2.46. The van der Waals surface area contributed by atoms with Gasteiger partial charge in [0.05, 0.1) is 24.5 Å². The van der Waals surface area contributed by atoms with Crippen molar-refractivity contribution in [2.75, 3.05) is 24.7 Å². The Morgan fingerprint density at radius 2 is 2.29 bits per heavy atom. The van der Waals surface area contributed by atoms with Gasteiger partial charge in [0.2, 0.25) is 5.91 Å². The van der Waals surface area contributed by atoms with Crippen LogP contribution in [0.5, 0.6) is 0 Å². The summed E-state index contributed by atoms with van der Waals surface area (Å²) in [6.45, 7) is 7.35. The van der Waals surface area contributed by atoms with E-state index in [1.807, 2.05) is 37.8 Å². The first-order chi connectivity index (χ1) is 10.0. The van der Waals surface area contributed by atoms with Crippen LogP contribution >= 0.6 is 0 Å². The molecule has 2 rings (SSSR count). The first kappa shape index (κ1) is 15.3. The third-order valence-electron chi connectivity index (χ3n) is 3.45. The van der Waals surface area contributed by atoms with Crippen molar-refractivity contribution in [1.82, 2.24) is 5.32 Å². The van der Waals surface area contributed by atoms with Gasteiger partial charge in [-0.2, -0.15) is 5.26 Å². The van der Waals surface area contributed by atoms with E-state index in [2.05, 4.69) is 11.4 Å². The fraction of sp³-hybridized carbons (Fsp3) is 0.500. The Balaban J connectivity index is 2.33. The Hall–Kier alpha value is -2.06. The van der Waals surface area contributed by atoms with E-state index in [0.717, 1.165) is 11.3 Å². The Bertz CT molecular complexity index is 563. The lowest BCUT2D eigenvalue weighted by Crippen LogP contribution is -2.55. The summed E-state index contributed by atoms with van der Waals surface area (Å²) in [5.41, 5.74) is 2.47. The van der Waals surface area contributed by atoms with E-state index in [-0.39, 0.29) is 11.9 Å². The van der Waals surface area contributed by atoms with Gasteiger partial charge in [0.15, 0.2) is 0 Å². The number of benzene rings is 1. The van der Waals surface area contributed by atoms with Crippen LogP contribution in [0.25, 0.3) is 0 Å². The molecule has 1 saturated heterocycles. The molecule has 0 radical (unpaired) electrons. The molecule has 5 heteroatoms. The molecule has 1 aromatic rings. The second kappa shape index (κ2) is 6.59. The predicted molar refractivity (Wildman–Crippen MR) is 81.1 cm³/mol. The highest BCUT2D eigenvalue weighted by molar-refractivity contribution is 5.86. The summed E-state index contributed by atoms with van der Waals surface area (Å²) in [4.78, 5) is 14.3. The van der Waals surface area contributed by atoms with Crippen molar-refractivity contribution >= 4 is 11.6 Å². The van der Waals surface area contributed by atoms with E-state index in [1.54, 1.807) is 6.07 Å². The van der Waals surface area contributed by atoms with Crippen LogP contribution in [0.2, 0.25) is 0 Å². The number of nitrogens with one attached hydrogen (secondary N) is 1. The molecule has 1 aliphatic rings. The van der Waals surface area contributed by atoms with Crippen LogP contribution in [-0.2, 0) is 9.53 Å². The van der Waals surface area contributed by atoms with Crippen molar-refractivity contribution in [1.29, 1.82) is 5.26 Å². The van der Waals surface area contributed by atoms with E-state index in [1.165, 1.54) is 0 Å². The summed E-state index contributed by atoms with van der Waals surface area (Å²) in [7, 11) is 0. The van der Waals surface area contributed by atoms with Gasteiger partial charge in [-0.1, -0.05) is 6.07 Å². The molecule has 0 spiro atoms. The zero-order valence-electron chi connectivity index (χ0n) is 12.7. The summed E-state index contributed by atoms with van der Waals surface area (Å²) in [6, 6.07) is 7.56. The van der Waals surface area contributed by atoms with Crippen LogP contribution in [0.3, 0.4) is 0 Å². The minimum Gasteiger partial charge on any atom is -0.377 e. The maximum atomic E-state index is 12.4. The largest absolute Gasteiger partial charge is 0.377 e. The fourth-order valence-corrected chi connectivity index (χ4v) is 2.46. The number of morpholine rings is 1. The minimum atomic E-state index is -0.393. The van der Waals surface area contributed by atoms with Gasteiger partial charge in [-0.25, -0.2) is 0 Å². The van der Waals surface area contributed by atoms with Gasteiger partial charge in [0.1, 0.15) is 12.1 Å². The van der Waals surface area contributed by atoms with Crippen molar-refractivity contribution in [3.8, 4) is 6.07 Å². The van der Waals surface area contributed by atoms with E-state index in [0.29, 0.717) is 25.3 Å². The molecule has 1 atom stereocenters. The van der Waals surface area contributed by atoms with Crippen LogP contribution in [0, 0.1) is 18.3 Å². The molecule has 0 aliphatic carbocycles. The van der Waals surface area contributed by atoms with Crippen molar-refractivity contribution in [2.24, 2.45) is 0 Å². The van der Waals surface area contributed by atoms with Gasteiger partial charge < -0.3 is 15.0 Å². The van der Waals surface area contributed by atoms with E-state index < -0.39 is 6.04 Å². The third kappa shape index (κ3) is 3.53. The minimum absolute atomic E-state index is 0.0601. The number of rotatable bonds is 3. The summed E-state index contributed by atoms with van der Waals surface area (Å²) in [5, 5.41) is 12.2. The van der Waals surface area contributed by atoms with Crippen LogP contribution in [0.1, 0.15) is 25.0 Å². The van der Waals surface area contributed by atoms with Crippen LogP contribution in [0.15, 0.2) is 18.2 Å². The normalized spacial score (nSPS) is 18.4. The first-order valence-electron chi connectivity index (χ1n) is 7.18. The Morgan fingerprint density at radius 1 is 1.52 bits per heavy atom. The highest BCUT2D eigenvalue weighted by Crippen LogP contribution is 2.25. The summed E-state index contributed by atoms with van der Waals surface area (Å²) in [6.07, 6.45) is 0. The topological polar surface area (TPSA) is 65.4 Å². The van der Waals surface area contributed by atoms with Gasteiger partial charge in [0, 0.05) is 12.6 Å². The highest BCUT2D eigenvalue weighted by atomic mass is 16.5. The molecule has 1 aromatic carbocycles. The van der Waals surface area contributed by atoms with Crippen molar-refractivity contribution in [3.63, 3.8) is 0 Å². The van der Waals surface area contributed by atoms with Crippen molar-refractivity contribution in [2.45, 2.75) is 32.9 Å². The van der Waals surface area contributed by atoms with Crippen molar-refractivity contribution < 1.29 is 9.53 Å². The summed E-state index contributed by atoms with van der Waals surface area (Å²) < 4.78 is 5.45. The first-order valence-corrected chi connectivity index (χ1v) is 7.18. The number of nitrogens with zero attached hydrogens (tertiary/aromatic N) is 2. The zero-order valence-corrected chi connectivity index (χ0v) is 12.7. The predicted octanol–water partition coefficient (Wildman–Crippen LogP) is 1.60. The Morgan fingerprint density at radius 3 is 2.95 bits per heavy atom. The molecule has 1 heterocycles. The molecule has 112 valence electrons. The number of hydrogen-bond donors (Lipinski definition) is 1. The van der Waals surface area contributed by atoms with Crippen LogP contribution in [0.4, 0.5) is 5.69 Å². The molecule has 1 fully saturated rings. The van der Waals surface area contributed by atoms with E-state index >= 15 is 0 Å². The second-order valence-electron chi connectivity index (χ2n) is 5.58. The number of hydrogen-bond acceptors (Lipinski definition) is 4. The lowest BCUT2D eigenvalue weighted by molar-refractivity contribution is -0.125. The number of aryl methyl sites for hydroxylation is 1. The molecule has 0 bridgehead atoms. The molecule has 1 N–H and O–H groups in total. The van der Waals surface area contributed by atoms with Gasteiger partial charge in [0.25, 0.3) is 0 Å². The van der Waals surface area contributed by atoms with Crippen molar-refractivity contribution in [3.05, 3.63) is 29.3 Å². The molecule has 0 aromatic heterocycles. The lowest BCUT2D eigenvalue weighted by atomic mass is 10.1. The number of carbonyl (C=O) groups is 1. The molecule has 21 heavy (non-hydrogen) atoms. The molecular weight excluding hydrogens is 266 g/mol. The average molecular weight is 287 g/mol. The Labute approximate surface area is 125 Å². The third-order valence-corrected chi connectivity index (χ3v) is 3.45. The molecule has 5 nitrogen and oxygen atoms in total. The standard InChI is InChI=1S/C16H21N3O2/c1-11(2)18-16(20)15-10-21-7-6-19(15)14-8-12(3)4-5-13(14)9-17/h4-5,8,11,15H,6-7,10H2,1-3H3,(H,18,20). The molecule has 1 aliphatic heterocycles. The van der Waals surface area contributed by atoms with Crippen LogP contribution in [-0.4, -0.2) is 37.7 Å². The number of amides is 1. The Kier molecular flexibility index (Phi) is 4.81. The smallest absolute Gasteiger partial charge is 0.245 e.